The molecule has 1 aromatic rings. The molecule has 3 aliphatic rings. The normalized spacial score (nSPS) is 33.9. The largest absolute Gasteiger partial charge is 0.362 e. The maximum atomic E-state index is 5.22. The van der Waals surface area contributed by atoms with Gasteiger partial charge in [-0.1, -0.05) is 50.3 Å². The number of ether oxygens (including phenoxy) is 2. The Morgan fingerprint density at radius 2 is 1.28 bits per heavy atom. The summed E-state index contributed by atoms with van der Waals surface area (Å²) in [7, 11) is 0. The van der Waals surface area contributed by atoms with Gasteiger partial charge < -0.3 is 9.47 Å². The van der Waals surface area contributed by atoms with Crippen LogP contribution in [0.3, 0.4) is 0 Å². The average molecular weight is 244 g/mol. The van der Waals surface area contributed by atoms with Crippen molar-refractivity contribution in [3.05, 3.63) is 47.5 Å². The third-order valence-electron chi connectivity index (χ3n) is 3.82. The van der Waals surface area contributed by atoms with Crippen LogP contribution in [0.1, 0.15) is 25.0 Å². The third-order valence-corrected chi connectivity index (χ3v) is 3.82. The molecule has 2 fully saturated rings. The highest BCUT2D eigenvalue weighted by Crippen LogP contribution is 2.43. The summed E-state index contributed by atoms with van der Waals surface area (Å²) < 4.78 is 10.4. The Morgan fingerprint density at radius 3 is 1.67 bits per heavy atom. The predicted octanol–water partition coefficient (Wildman–Crippen LogP) is 2.90. The fourth-order valence-corrected chi connectivity index (χ4v) is 2.58. The van der Waals surface area contributed by atoms with Crippen molar-refractivity contribution in [2.24, 2.45) is 0 Å². The molecule has 0 aromatic heterocycles. The number of rotatable bonds is 2. The zero-order valence-electron chi connectivity index (χ0n) is 11.0. The van der Waals surface area contributed by atoms with Gasteiger partial charge in [-0.2, -0.15) is 0 Å². The lowest BCUT2D eigenvalue weighted by Crippen LogP contribution is -2.06. The molecule has 0 bridgehead atoms. The Bertz CT molecular complexity index is 411. The first kappa shape index (κ1) is 11.9. The highest BCUT2D eigenvalue weighted by molar-refractivity contribution is 5.26. The number of hydrogen-bond acceptors (Lipinski definition) is 2. The van der Waals surface area contributed by atoms with Crippen LogP contribution < -0.4 is 0 Å². The van der Waals surface area contributed by atoms with Crippen molar-refractivity contribution in [1.29, 1.82) is 0 Å². The van der Waals surface area contributed by atoms with Crippen LogP contribution in [0.4, 0.5) is 0 Å². The fourth-order valence-electron chi connectivity index (χ4n) is 2.58. The molecule has 0 saturated carbocycles. The minimum Gasteiger partial charge on any atom is -0.362 e. The van der Waals surface area contributed by atoms with E-state index in [-0.39, 0.29) is 0 Å². The molecule has 0 radical (unpaired) electrons. The Balaban J connectivity index is 0.000000112. The van der Waals surface area contributed by atoms with Gasteiger partial charge in [0.2, 0.25) is 0 Å². The second-order valence-corrected chi connectivity index (χ2v) is 4.99. The molecule has 0 amide bonds. The molecule has 4 atom stereocenters. The molecule has 2 heteroatoms. The van der Waals surface area contributed by atoms with Gasteiger partial charge in [-0.15, -0.1) is 0 Å². The molecular formula is C16H20O2. The van der Waals surface area contributed by atoms with E-state index >= 15 is 0 Å². The molecule has 2 nitrogen and oxygen atoms in total. The van der Waals surface area contributed by atoms with Crippen LogP contribution in [0.15, 0.2) is 36.4 Å². The smallest absolute Gasteiger partial charge is 0.117 e. The van der Waals surface area contributed by atoms with Crippen LogP contribution in [0.5, 0.6) is 0 Å². The first-order valence-electron chi connectivity index (χ1n) is 6.89. The van der Waals surface area contributed by atoms with E-state index in [1.165, 1.54) is 11.1 Å². The number of aryl methyl sites for hydroxylation is 2. The molecule has 0 N–H and O–H groups in total. The van der Waals surface area contributed by atoms with Crippen molar-refractivity contribution in [2.75, 3.05) is 0 Å². The topological polar surface area (TPSA) is 25.1 Å². The van der Waals surface area contributed by atoms with E-state index < -0.39 is 0 Å². The lowest BCUT2D eigenvalue weighted by molar-refractivity contribution is 0.314. The first-order valence-corrected chi connectivity index (χ1v) is 6.89. The van der Waals surface area contributed by atoms with E-state index in [9.17, 15) is 0 Å². The second kappa shape index (κ2) is 4.87. The van der Waals surface area contributed by atoms with Gasteiger partial charge in [-0.3, -0.25) is 0 Å². The molecule has 0 spiro atoms. The van der Waals surface area contributed by atoms with Crippen LogP contribution >= 0.6 is 0 Å². The molecule has 2 aliphatic heterocycles. The summed E-state index contributed by atoms with van der Waals surface area (Å²) in [5.41, 5.74) is 2.98. The van der Waals surface area contributed by atoms with E-state index in [1.807, 2.05) is 0 Å². The van der Waals surface area contributed by atoms with Crippen molar-refractivity contribution in [3.8, 4) is 0 Å². The maximum Gasteiger partial charge on any atom is 0.117 e. The van der Waals surface area contributed by atoms with Crippen molar-refractivity contribution in [1.82, 2.24) is 0 Å². The van der Waals surface area contributed by atoms with Crippen LogP contribution in [0, 0.1) is 0 Å². The predicted molar refractivity (Wildman–Crippen MR) is 71.7 cm³/mol. The van der Waals surface area contributed by atoms with Gasteiger partial charge in [0, 0.05) is 0 Å². The van der Waals surface area contributed by atoms with Gasteiger partial charge >= 0.3 is 0 Å². The van der Waals surface area contributed by atoms with Gasteiger partial charge in [0.1, 0.15) is 24.4 Å². The number of hydrogen-bond donors (Lipinski definition) is 0. The average Bonchev–Trinajstić information content (AvgIpc) is 3.28. The Hall–Kier alpha value is -1.12. The lowest BCUT2D eigenvalue weighted by Gasteiger charge is -2.02. The quantitative estimate of drug-likeness (QED) is 0.590. The molecule has 96 valence electrons. The van der Waals surface area contributed by atoms with Gasteiger partial charge in [-0.25, -0.2) is 0 Å². The Morgan fingerprint density at radius 1 is 0.833 bits per heavy atom. The van der Waals surface area contributed by atoms with E-state index in [4.69, 9.17) is 9.47 Å². The Labute approximate surface area is 109 Å². The fraction of sp³-hybridized carbons (Fsp3) is 0.500. The minimum atomic E-state index is 0.416. The summed E-state index contributed by atoms with van der Waals surface area (Å²) in [6.45, 7) is 4.41. The van der Waals surface area contributed by atoms with E-state index in [2.05, 4.69) is 50.3 Å². The Kier molecular flexibility index (Phi) is 3.23. The maximum absolute atomic E-state index is 5.22. The summed E-state index contributed by atoms with van der Waals surface area (Å²) >= 11 is 0. The van der Waals surface area contributed by atoms with Crippen molar-refractivity contribution in [3.63, 3.8) is 0 Å². The summed E-state index contributed by atoms with van der Waals surface area (Å²) in [4.78, 5) is 0. The van der Waals surface area contributed by atoms with Crippen molar-refractivity contribution in [2.45, 2.75) is 51.1 Å². The molecule has 2 saturated heterocycles. The minimum absolute atomic E-state index is 0.416. The van der Waals surface area contributed by atoms with Gasteiger partial charge in [-0.05, 0) is 24.0 Å². The molecule has 4 rings (SSSR count). The van der Waals surface area contributed by atoms with E-state index in [0.717, 1.165) is 12.8 Å². The highest BCUT2D eigenvalue weighted by atomic mass is 16.7. The molecule has 1 aromatic carbocycles. The zero-order chi connectivity index (χ0) is 12.5. The summed E-state index contributed by atoms with van der Waals surface area (Å²) in [5, 5.41) is 0. The van der Waals surface area contributed by atoms with Crippen molar-refractivity contribution >= 4 is 0 Å². The number of epoxide rings is 2. The molecule has 18 heavy (non-hydrogen) atoms. The summed E-state index contributed by atoms with van der Waals surface area (Å²) in [6, 6.07) is 8.63. The summed E-state index contributed by atoms with van der Waals surface area (Å²) in [5.74, 6) is 0. The molecule has 1 aliphatic carbocycles. The molecular weight excluding hydrogens is 224 g/mol. The van der Waals surface area contributed by atoms with Gasteiger partial charge in [0.05, 0.1) is 0 Å². The third kappa shape index (κ3) is 2.36. The lowest BCUT2D eigenvalue weighted by atomic mass is 10.0. The zero-order valence-corrected chi connectivity index (χ0v) is 11.0. The second-order valence-electron chi connectivity index (χ2n) is 4.99. The highest BCUT2D eigenvalue weighted by Gasteiger charge is 2.58. The van der Waals surface area contributed by atoms with Crippen LogP contribution in [0.2, 0.25) is 0 Å². The number of fused-ring (bicyclic) bond motifs is 3. The molecule has 2 heterocycles. The van der Waals surface area contributed by atoms with E-state index in [0.29, 0.717) is 24.4 Å². The van der Waals surface area contributed by atoms with Crippen LogP contribution in [-0.2, 0) is 22.3 Å². The van der Waals surface area contributed by atoms with Crippen LogP contribution in [-0.4, -0.2) is 24.4 Å². The van der Waals surface area contributed by atoms with Gasteiger partial charge in [0.15, 0.2) is 0 Å². The standard InChI is InChI=1S/C10H14.C6H6O2/c1-3-9-7-5-6-8-10(9)4-2;1-2-4-6(8-4)5-3(1)7-5/h5-8H,3-4H2,1-2H3;1-6H. The SMILES string of the molecule is C1=CC2OC2C2OC12.CCc1ccccc1CC. The van der Waals surface area contributed by atoms with E-state index in [1.54, 1.807) is 0 Å². The van der Waals surface area contributed by atoms with Crippen LogP contribution in [0.25, 0.3) is 0 Å². The van der Waals surface area contributed by atoms with Crippen molar-refractivity contribution < 1.29 is 9.47 Å². The first-order chi connectivity index (χ1) is 8.83. The number of benzene rings is 1. The summed E-state index contributed by atoms with van der Waals surface area (Å²) in [6.07, 6.45) is 8.21. The van der Waals surface area contributed by atoms with Gasteiger partial charge in [0.25, 0.3) is 0 Å². The molecule has 4 unspecified atom stereocenters. The monoisotopic (exact) mass is 244 g/mol.